The van der Waals surface area contributed by atoms with Gasteiger partial charge in [-0.3, -0.25) is 0 Å². The fourth-order valence-electron chi connectivity index (χ4n) is 2.80. The van der Waals surface area contributed by atoms with Crippen LogP contribution in [0.4, 0.5) is 4.39 Å². The number of hydrogen-bond acceptors (Lipinski definition) is 2. The van der Waals surface area contributed by atoms with Gasteiger partial charge in [-0.25, -0.2) is 14.4 Å². The Morgan fingerprint density at radius 2 is 1.73 bits per heavy atom. The van der Waals surface area contributed by atoms with Crippen LogP contribution in [0.15, 0.2) is 6.58 Å². The molecule has 2 atom stereocenters. The highest BCUT2D eigenvalue weighted by Gasteiger charge is 2.31. The SMILES string of the molecule is C=C(c1nc(C)c(C)nc1Cl)C(CC)CC(CC)C(C)(C)F. The summed E-state index contributed by atoms with van der Waals surface area (Å²) in [5, 5.41) is 0.388. The molecule has 1 aromatic rings. The molecule has 124 valence electrons. The molecule has 2 unspecified atom stereocenters. The van der Waals surface area contributed by atoms with Crippen LogP contribution >= 0.6 is 11.6 Å². The van der Waals surface area contributed by atoms with E-state index in [1.165, 1.54) is 0 Å². The molecule has 0 aromatic carbocycles. The molecule has 0 saturated heterocycles. The minimum Gasteiger partial charge on any atom is -0.248 e. The molecule has 0 radical (unpaired) electrons. The Hall–Kier alpha value is -0.960. The van der Waals surface area contributed by atoms with E-state index in [1.54, 1.807) is 13.8 Å². The van der Waals surface area contributed by atoms with E-state index in [-0.39, 0.29) is 11.8 Å². The van der Waals surface area contributed by atoms with Gasteiger partial charge in [-0.05, 0) is 57.9 Å². The van der Waals surface area contributed by atoms with Crippen LogP contribution in [0.25, 0.3) is 5.57 Å². The summed E-state index contributed by atoms with van der Waals surface area (Å²) in [5.74, 6) is 0.154. The number of aromatic nitrogens is 2. The van der Waals surface area contributed by atoms with Crippen LogP contribution < -0.4 is 0 Å². The number of alkyl halides is 1. The van der Waals surface area contributed by atoms with Crippen molar-refractivity contribution >= 4 is 17.2 Å². The molecule has 0 N–H and O–H groups in total. The predicted molar refractivity (Wildman–Crippen MR) is 92.9 cm³/mol. The maximum atomic E-state index is 14.3. The maximum absolute atomic E-state index is 14.3. The van der Waals surface area contributed by atoms with Gasteiger partial charge in [-0.2, -0.15) is 0 Å². The van der Waals surface area contributed by atoms with Crippen molar-refractivity contribution < 1.29 is 4.39 Å². The lowest BCUT2D eigenvalue weighted by atomic mass is 9.79. The summed E-state index contributed by atoms with van der Waals surface area (Å²) < 4.78 is 14.3. The van der Waals surface area contributed by atoms with E-state index in [4.69, 9.17) is 11.6 Å². The van der Waals surface area contributed by atoms with Crippen molar-refractivity contribution in [3.05, 3.63) is 28.8 Å². The van der Waals surface area contributed by atoms with Crippen LogP contribution in [0.2, 0.25) is 5.15 Å². The molecule has 22 heavy (non-hydrogen) atoms. The van der Waals surface area contributed by atoms with Crippen molar-refractivity contribution in [1.82, 2.24) is 9.97 Å². The van der Waals surface area contributed by atoms with Crippen molar-refractivity contribution in [2.24, 2.45) is 11.8 Å². The lowest BCUT2D eigenvalue weighted by Gasteiger charge is -2.30. The van der Waals surface area contributed by atoms with Crippen molar-refractivity contribution in [3.63, 3.8) is 0 Å². The fraction of sp³-hybridized carbons (Fsp3) is 0.667. The Morgan fingerprint density at radius 3 is 2.18 bits per heavy atom. The molecule has 4 heteroatoms. The van der Waals surface area contributed by atoms with E-state index in [0.29, 0.717) is 10.8 Å². The molecule has 0 saturated carbocycles. The van der Waals surface area contributed by atoms with Crippen LogP contribution in [0.5, 0.6) is 0 Å². The quantitative estimate of drug-likeness (QED) is 0.618. The average molecular weight is 327 g/mol. The van der Waals surface area contributed by atoms with Crippen molar-refractivity contribution in [2.45, 2.75) is 66.5 Å². The molecule has 1 rings (SSSR count). The third-order valence-electron chi connectivity index (χ3n) is 4.59. The first kappa shape index (κ1) is 19.1. The Balaban J connectivity index is 3.05. The Bertz CT molecular complexity index is 535. The molecule has 0 aliphatic heterocycles. The van der Waals surface area contributed by atoms with Gasteiger partial charge in [0, 0.05) is 0 Å². The smallest absolute Gasteiger partial charge is 0.155 e. The van der Waals surface area contributed by atoms with Gasteiger partial charge < -0.3 is 0 Å². The number of rotatable bonds is 7. The highest BCUT2D eigenvalue weighted by atomic mass is 35.5. The summed E-state index contributed by atoms with van der Waals surface area (Å²) in [6.07, 6.45) is 2.44. The molecule has 2 nitrogen and oxygen atoms in total. The number of nitrogens with zero attached hydrogens (tertiary/aromatic N) is 2. The molecule has 1 heterocycles. The first-order valence-electron chi connectivity index (χ1n) is 8.00. The van der Waals surface area contributed by atoms with Gasteiger partial charge in [-0.15, -0.1) is 0 Å². The Morgan fingerprint density at radius 1 is 1.18 bits per heavy atom. The summed E-state index contributed by atoms with van der Waals surface area (Å²) in [6, 6.07) is 0. The molecular weight excluding hydrogens is 299 g/mol. The van der Waals surface area contributed by atoms with E-state index >= 15 is 0 Å². The van der Waals surface area contributed by atoms with Gasteiger partial charge in [0.25, 0.3) is 0 Å². The first-order valence-corrected chi connectivity index (χ1v) is 8.38. The number of halogens is 2. The minimum absolute atomic E-state index is 0.00696. The predicted octanol–water partition coefficient (Wildman–Crippen LogP) is 5.95. The van der Waals surface area contributed by atoms with Gasteiger partial charge in [0.15, 0.2) is 5.15 Å². The summed E-state index contributed by atoms with van der Waals surface area (Å²) in [7, 11) is 0. The van der Waals surface area contributed by atoms with Gasteiger partial charge >= 0.3 is 0 Å². The molecule has 0 aliphatic carbocycles. The summed E-state index contributed by atoms with van der Waals surface area (Å²) >= 11 is 6.25. The number of allylic oxidation sites excluding steroid dienone is 1. The maximum Gasteiger partial charge on any atom is 0.155 e. The van der Waals surface area contributed by atoms with E-state index < -0.39 is 5.67 Å². The van der Waals surface area contributed by atoms with Crippen molar-refractivity contribution in [1.29, 1.82) is 0 Å². The zero-order chi connectivity index (χ0) is 17.1. The summed E-state index contributed by atoms with van der Waals surface area (Å²) in [4.78, 5) is 8.88. The minimum atomic E-state index is -1.19. The lowest BCUT2D eigenvalue weighted by Crippen LogP contribution is -2.27. The summed E-state index contributed by atoms with van der Waals surface area (Å²) in [6.45, 7) is 15.4. The molecule has 0 aliphatic rings. The van der Waals surface area contributed by atoms with Crippen molar-refractivity contribution in [3.8, 4) is 0 Å². The zero-order valence-corrected chi connectivity index (χ0v) is 15.4. The monoisotopic (exact) mass is 326 g/mol. The number of aryl methyl sites for hydroxylation is 2. The second-order valence-corrected chi connectivity index (χ2v) is 6.93. The second kappa shape index (κ2) is 7.54. The third kappa shape index (κ3) is 4.52. The third-order valence-corrected chi connectivity index (χ3v) is 4.85. The average Bonchev–Trinajstić information content (AvgIpc) is 2.42. The molecule has 0 fully saturated rings. The molecule has 1 aromatic heterocycles. The van der Waals surface area contributed by atoms with Crippen LogP contribution in [-0.4, -0.2) is 15.6 Å². The van der Waals surface area contributed by atoms with Gasteiger partial charge in [-0.1, -0.05) is 38.4 Å². The zero-order valence-electron chi connectivity index (χ0n) is 14.6. The van der Waals surface area contributed by atoms with Crippen LogP contribution in [0, 0.1) is 25.7 Å². The molecule has 0 bridgehead atoms. The standard InChI is InChI=1S/C18H28ClFN2/c1-8-14(10-15(9-2)18(6,7)20)11(3)16-17(19)22-13(5)12(4)21-16/h14-15H,3,8-10H2,1-2,4-7H3. The van der Waals surface area contributed by atoms with Crippen molar-refractivity contribution in [2.75, 3.05) is 0 Å². The van der Waals surface area contributed by atoms with Gasteiger partial charge in [0.2, 0.25) is 0 Å². The lowest BCUT2D eigenvalue weighted by molar-refractivity contribution is 0.106. The highest BCUT2D eigenvalue weighted by Crippen LogP contribution is 2.37. The molecule has 0 amide bonds. The van der Waals surface area contributed by atoms with E-state index in [0.717, 1.165) is 36.2 Å². The van der Waals surface area contributed by atoms with Crippen LogP contribution in [-0.2, 0) is 0 Å². The molecular formula is C18H28ClFN2. The topological polar surface area (TPSA) is 25.8 Å². The Labute approximate surface area is 139 Å². The van der Waals surface area contributed by atoms with Gasteiger partial charge in [0.1, 0.15) is 11.4 Å². The van der Waals surface area contributed by atoms with E-state index in [9.17, 15) is 4.39 Å². The van der Waals surface area contributed by atoms with Crippen LogP contribution in [0.3, 0.4) is 0 Å². The first-order chi connectivity index (χ1) is 10.1. The summed E-state index contributed by atoms with van der Waals surface area (Å²) in [5.41, 5.74) is 2.01. The Kier molecular flexibility index (Phi) is 6.54. The largest absolute Gasteiger partial charge is 0.248 e. The van der Waals surface area contributed by atoms with Gasteiger partial charge in [0.05, 0.1) is 11.4 Å². The van der Waals surface area contributed by atoms with E-state index in [2.05, 4.69) is 23.5 Å². The van der Waals surface area contributed by atoms with Crippen LogP contribution in [0.1, 0.15) is 64.0 Å². The molecule has 0 spiro atoms. The fourth-order valence-corrected chi connectivity index (χ4v) is 3.09. The van der Waals surface area contributed by atoms with E-state index in [1.807, 2.05) is 20.8 Å². The normalized spacial score (nSPS) is 14.7. The number of hydrogen-bond donors (Lipinski definition) is 0. The highest BCUT2D eigenvalue weighted by molar-refractivity contribution is 6.30. The second-order valence-electron chi connectivity index (χ2n) is 6.57.